The Balaban J connectivity index is 1.48. The number of halogens is 3. The molecule has 7 nitrogen and oxygen atoms in total. The number of piperazine rings is 1. The maximum absolute atomic E-state index is 13.7. The molecule has 0 radical (unpaired) electrons. The van der Waals surface area contributed by atoms with Crippen molar-refractivity contribution in [2.45, 2.75) is 44.7 Å². The van der Waals surface area contributed by atoms with Crippen molar-refractivity contribution in [3.8, 4) is 0 Å². The van der Waals surface area contributed by atoms with E-state index in [-0.39, 0.29) is 22.9 Å². The average molecular weight is 477 g/mol. The fraction of sp³-hybridized carbons (Fsp3) is 0.500. The normalized spacial score (nSPS) is 19.0. The molecule has 2 aromatic heterocycles. The van der Waals surface area contributed by atoms with Crippen molar-refractivity contribution in [2.75, 3.05) is 38.1 Å². The lowest BCUT2D eigenvalue weighted by molar-refractivity contribution is -0.531. The molecule has 1 atom stereocenters. The molecular formula is C24H29F3N5O2+. The van der Waals surface area contributed by atoms with E-state index in [1.807, 2.05) is 19.1 Å². The summed E-state index contributed by atoms with van der Waals surface area (Å²) in [6.45, 7) is 4.04. The zero-order valence-corrected chi connectivity index (χ0v) is 19.3. The van der Waals surface area contributed by atoms with E-state index in [0.717, 1.165) is 30.5 Å². The minimum atomic E-state index is -4.66. The minimum Gasteiger partial charge on any atom is -0.357 e. The molecule has 0 spiro atoms. The smallest absolute Gasteiger partial charge is 0.357 e. The highest BCUT2D eigenvalue weighted by molar-refractivity contribution is 5.92. The van der Waals surface area contributed by atoms with Gasteiger partial charge in [-0.3, -0.25) is 9.59 Å². The van der Waals surface area contributed by atoms with Crippen molar-refractivity contribution >= 4 is 17.3 Å². The van der Waals surface area contributed by atoms with Gasteiger partial charge < -0.3 is 15.2 Å². The Morgan fingerprint density at radius 1 is 1.24 bits per heavy atom. The Kier molecular flexibility index (Phi) is 6.77. The number of aromatic nitrogens is 2. The second-order valence-electron chi connectivity index (χ2n) is 8.74. The summed E-state index contributed by atoms with van der Waals surface area (Å²) in [5, 5.41) is 2.31. The molecular weight excluding hydrogens is 447 g/mol. The molecule has 1 saturated heterocycles. The number of hydrogen-bond donors (Lipinski definition) is 2. The first kappa shape index (κ1) is 24.0. The van der Waals surface area contributed by atoms with Gasteiger partial charge in [-0.25, -0.2) is 9.56 Å². The zero-order chi connectivity index (χ0) is 24.5. The first-order valence-corrected chi connectivity index (χ1v) is 11.6. The maximum Gasteiger partial charge on any atom is 0.435 e. The van der Waals surface area contributed by atoms with Crippen LogP contribution in [0.2, 0.25) is 0 Å². The summed E-state index contributed by atoms with van der Waals surface area (Å²) in [7, 11) is 1.35. The highest BCUT2D eigenvalue weighted by Crippen LogP contribution is 2.36. The Morgan fingerprint density at radius 3 is 2.59 bits per heavy atom. The van der Waals surface area contributed by atoms with Gasteiger partial charge in [0.1, 0.15) is 5.69 Å². The molecule has 182 valence electrons. The third kappa shape index (κ3) is 4.85. The minimum absolute atomic E-state index is 0.00249. The Labute approximate surface area is 195 Å². The fourth-order valence-electron chi connectivity index (χ4n) is 4.85. The molecule has 3 heterocycles. The molecule has 1 aliphatic carbocycles. The van der Waals surface area contributed by atoms with Crippen molar-refractivity contribution in [1.29, 1.82) is 0 Å². The van der Waals surface area contributed by atoms with E-state index in [2.05, 4.69) is 19.9 Å². The maximum atomic E-state index is 13.7. The second-order valence-corrected chi connectivity index (χ2v) is 8.74. The highest BCUT2D eigenvalue weighted by atomic mass is 19.4. The van der Waals surface area contributed by atoms with Crippen LogP contribution in [0.3, 0.4) is 0 Å². The van der Waals surface area contributed by atoms with E-state index in [0.29, 0.717) is 32.6 Å². The molecule has 1 amide bonds. The molecule has 2 aliphatic rings. The lowest BCUT2D eigenvalue weighted by Crippen LogP contribution is -2.44. The van der Waals surface area contributed by atoms with Gasteiger partial charge in [0.05, 0.1) is 18.8 Å². The first-order chi connectivity index (χ1) is 16.2. The number of H-pyrrole nitrogens is 1. The topological polar surface area (TPSA) is 81.1 Å². The summed E-state index contributed by atoms with van der Waals surface area (Å²) in [6.07, 6.45) is -1.26. The number of rotatable bonds is 4. The SMILES string of the molecule is CCc1ccc([C@@H]2CCC(=[N+]3CCN(c4ccc(C(=O)NC)nc4C(F)(F)F)CC3)C2)[nH]c1=O. The summed E-state index contributed by atoms with van der Waals surface area (Å²) in [5.41, 5.74) is 1.70. The van der Waals surface area contributed by atoms with Gasteiger partial charge in [0.15, 0.2) is 24.5 Å². The summed E-state index contributed by atoms with van der Waals surface area (Å²) in [5.74, 6) is -0.398. The number of aryl methyl sites for hydroxylation is 1. The Bertz CT molecular complexity index is 1160. The number of pyridine rings is 2. The number of amides is 1. The van der Waals surface area contributed by atoms with Crippen molar-refractivity contribution in [1.82, 2.24) is 15.3 Å². The van der Waals surface area contributed by atoms with Gasteiger partial charge in [0.2, 0.25) is 0 Å². The van der Waals surface area contributed by atoms with E-state index < -0.39 is 17.8 Å². The summed E-state index contributed by atoms with van der Waals surface area (Å²) in [6, 6.07) is 6.56. The van der Waals surface area contributed by atoms with E-state index >= 15 is 0 Å². The molecule has 34 heavy (non-hydrogen) atoms. The van der Waals surface area contributed by atoms with Gasteiger partial charge >= 0.3 is 6.18 Å². The van der Waals surface area contributed by atoms with E-state index in [1.165, 1.54) is 24.9 Å². The van der Waals surface area contributed by atoms with Crippen LogP contribution >= 0.6 is 0 Å². The first-order valence-electron chi connectivity index (χ1n) is 11.6. The zero-order valence-electron chi connectivity index (χ0n) is 19.3. The van der Waals surface area contributed by atoms with Crippen molar-refractivity contribution in [2.24, 2.45) is 0 Å². The largest absolute Gasteiger partial charge is 0.435 e. The van der Waals surface area contributed by atoms with Crippen molar-refractivity contribution in [3.05, 3.63) is 57.3 Å². The summed E-state index contributed by atoms with van der Waals surface area (Å²) >= 11 is 0. The molecule has 1 aliphatic heterocycles. The standard InChI is InChI=1S/C24H28F3N5O2/c1-3-15-5-7-18(30-22(15)33)16-4-6-17(14-16)31-10-12-32(13-11-31)20-9-8-19(23(34)28-2)29-21(20)24(25,26)27/h5,7-9,16H,3-4,6,10-14H2,1-2H3,(H-,28,30,33,34)/p+1/t16-/m1/s1. The van der Waals surface area contributed by atoms with Crippen molar-refractivity contribution in [3.63, 3.8) is 0 Å². The molecule has 2 N–H and O–H groups in total. The quantitative estimate of drug-likeness (QED) is 0.665. The van der Waals surface area contributed by atoms with Crippen LogP contribution < -0.4 is 15.8 Å². The number of hydrogen-bond acceptors (Lipinski definition) is 4. The number of alkyl halides is 3. The predicted molar refractivity (Wildman–Crippen MR) is 123 cm³/mol. The monoisotopic (exact) mass is 476 g/mol. The van der Waals surface area contributed by atoms with Gasteiger partial charge in [0, 0.05) is 37.1 Å². The average Bonchev–Trinajstić information content (AvgIpc) is 3.33. The van der Waals surface area contributed by atoms with Gasteiger partial charge in [-0.15, -0.1) is 0 Å². The van der Waals surface area contributed by atoms with Gasteiger partial charge in [-0.05, 0) is 31.0 Å². The highest BCUT2D eigenvalue weighted by Gasteiger charge is 2.39. The van der Waals surface area contributed by atoms with E-state index in [9.17, 15) is 22.8 Å². The van der Waals surface area contributed by atoms with Crippen LogP contribution in [0.25, 0.3) is 0 Å². The van der Waals surface area contributed by atoms with Gasteiger partial charge in [0.25, 0.3) is 11.5 Å². The number of nitrogens with one attached hydrogen (secondary N) is 2. The molecule has 2 aromatic rings. The van der Waals surface area contributed by atoms with Crippen LogP contribution in [-0.2, 0) is 12.6 Å². The summed E-state index contributed by atoms with van der Waals surface area (Å²) in [4.78, 5) is 32.3. The number of carbonyl (C=O) groups is 1. The molecule has 4 rings (SSSR count). The number of anilines is 1. The lowest BCUT2D eigenvalue weighted by atomic mass is 10.0. The third-order valence-corrected chi connectivity index (χ3v) is 6.77. The van der Waals surface area contributed by atoms with Crippen LogP contribution in [-0.4, -0.2) is 59.4 Å². The number of carbonyl (C=O) groups excluding carboxylic acids is 1. The lowest BCUT2D eigenvalue weighted by Gasteiger charge is -2.29. The van der Waals surface area contributed by atoms with Crippen LogP contribution in [0.1, 0.15) is 59.5 Å². The van der Waals surface area contributed by atoms with Crippen molar-refractivity contribution < 1.29 is 22.5 Å². The van der Waals surface area contributed by atoms with E-state index in [4.69, 9.17) is 0 Å². The third-order valence-electron chi connectivity index (χ3n) is 6.77. The van der Waals surface area contributed by atoms with Gasteiger partial charge in [-0.2, -0.15) is 13.2 Å². The van der Waals surface area contributed by atoms with Crippen LogP contribution in [0.4, 0.5) is 18.9 Å². The second kappa shape index (κ2) is 9.60. The predicted octanol–water partition coefficient (Wildman–Crippen LogP) is 2.95. The Hall–Kier alpha value is -3.17. The number of aromatic amines is 1. The number of nitrogens with zero attached hydrogens (tertiary/aromatic N) is 3. The van der Waals surface area contributed by atoms with Gasteiger partial charge in [-0.1, -0.05) is 13.0 Å². The molecule has 2 fully saturated rings. The molecule has 0 bridgehead atoms. The molecule has 0 aromatic carbocycles. The molecule has 0 unspecified atom stereocenters. The molecule has 1 saturated carbocycles. The van der Waals surface area contributed by atoms with Crippen LogP contribution in [0, 0.1) is 0 Å². The fourth-order valence-corrected chi connectivity index (χ4v) is 4.85. The van der Waals surface area contributed by atoms with Crippen LogP contribution in [0.5, 0.6) is 0 Å². The Morgan fingerprint density at radius 2 is 1.97 bits per heavy atom. The summed E-state index contributed by atoms with van der Waals surface area (Å²) < 4.78 is 43.3. The van der Waals surface area contributed by atoms with E-state index in [1.54, 1.807) is 4.90 Å². The van der Waals surface area contributed by atoms with Crippen LogP contribution in [0.15, 0.2) is 29.1 Å². The molecule has 10 heteroatoms.